The van der Waals surface area contributed by atoms with Crippen LogP contribution >= 0.6 is 0 Å². The number of rotatable bonds is 3. The van der Waals surface area contributed by atoms with Crippen molar-refractivity contribution in [1.82, 2.24) is 4.98 Å². The molecule has 3 nitrogen and oxygen atoms in total. The second kappa shape index (κ2) is 4.03. The molecule has 3 heteroatoms. The van der Waals surface area contributed by atoms with E-state index in [0.29, 0.717) is 6.42 Å². The predicted molar refractivity (Wildman–Crippen MR) is 49.7 cm³/mol. The van der Waals surface area contributed by atoms with Crippen molar-refractivity contribution in [2.75, 3.05) is 0 Å². The summed E-state index contributed by atoms with van der Waals surface area (Å²) < 4.78 is 0. The summed E-state index contributed by atoms with van der Waals surface area (Å²) in [6.07, 6.45) is 2.47. The number of hydrogen-bond acceptors (Lipinski definition) is 2. The Morgan fingerprint density at radius 3 is 2.77 bits per heavy atom. The zero-order chi connectivity index (χ0) is 9.84. The van der Waals surface area contributed by atoms with Crippen molar-refractivity contribution < 1.29 is 9.90 Å². The van der Waals surface area contributed by atoms with E-state index in [1.807, 2.05) is 19.9 Å². The summed E-state index contributed by atoms with van der Waals surface area (Å²) in [4.78, 5) is 14.5. The van der Waals surface area contributed by atoms with Gasteiger partial charge < -0.3 is 5.11 Å². The van der Waals surface area contributed by atoms with Crippen molar-refractivity contribution >= 4 is 5.97 Å². The number of aryl methyl sites for hydroxylation is 3. The standard InChI is InChI=1S/C10H13NO2/c1-7-5-9(3-4-10(12)13)6-11-8(7)2/h5-6H,3-4H2,1-2H3,(H,12,13). The second-order valence-electron chi connectivity index (χ2n) is 3.14. The van der Waals surface area contributed by atoms with Gasteiger partial charge in [-0.2, -0.15) is 0 Å². The molecule has 0 radical (unpaired) electrons. The lowest BCUT2D eigenvalue weighted by molar-refractivity contribution is -0.136. The van der Waals surface area contributed by atoms with E-state index in [4.69, 9.17) is 5.11 Å². The van der Waals surface area contributed by atoms with E-state index < -0.39 is 5.97 Å². The fraction of sp³-hybridized carbons (Fsp3) is 0.400. The lowest BCUT2D eigenvalue weighted by Gasteiger charge is -2.02. The van der Waals surface area contributed by atoms with E-state index in [-0.39, 0.29) is 6.42 Å². The van der Waals surface area contributed by atoms with Gasteiger partial charge in [-0.3, -0.25) is 9.78 Å². The number of carboxylic acids is 1. The first kappa shape index (κ1) is 9.71. The minimum atomic E-state index is -0.766. The molecule has 0 atom stereocenters. The van der Waals surface area contributed by atoms with Gasteiger partial charge in [0.15, 0.2) is 0 Å². The molecule has 0 saturated carbocycles. The average Bonchev–Trinajstić information content (AvgIpc) is 2.07. The van der Waals surface area contributed by atoms with Crippen LogP contribution in [0, 0.1) is 13.8 Å². The van der Waals surface area contributed by atoms with Gasteiger partial charge in [0.25, 0.3) is 0 Å². The molecule has 0 aromatic carbocycles. The third kappa shape index (κ3) is 2.86. The van der Waals surface area contributed by atoms with Crippen molar-refractivity contribution in [3.8, 4) is 0 Å². The SMILES string of the molecule is Cc1cc(CCC(=O)O)cnc1C. The molecule has 1 aromatic rings. The van der Waals surface area contributed by atoms with Crippen LogP contribution in [-0.2, 0) is 11.2 Å². The molecule has 1 aromatic heterocycles. The lowest BCUT2D eigenvalue weighted by Crippen LogP contribution is -1.99. The Morgan fingerprint density at radius 1 is 1.54 bits per heavy atom. The zero-order valence-corrected chi connectivity index (χ0v) is 7.87. The summed E-state index contributed by atoms with van der Waals surface area (Å²) in [5.74, 6) is -0.766. The monoisotopic (exact) mass is 179 g/mol. The Hall–Kier alpha value is -1.38. The van der Waals surface area contributed by atoms with E-state index >= 15 is 0 Å². The number of pyridine rings is 1. The summed E-state index contributed by atoms with van der Waals surface area (Å²) in [6, 6.07) is 1.99. The van der Waals surface area contributed by atoms with Gasteiger partial charge in [-0.25, -0.2) is 0 Å². The molecule has 70 valence electrons. The number of aromatic nitrogens is 1. The molecule has 0 aliphatic heterocycles. The maximum absolute atomic E-state index is 10.3. The highest BCUT2D eigenvalue weighted by molar-refractivity contribution is 5.67. The second-order valence-corrected chi connectivity index (χ2v) is 3.14. The third-order valence-corrected chi connectivity index (χ3v) is 2.02. The smallest absolute Gasteiger partial charge is 0.303 e. The zero-order valence-electron chi connectivity index (χ0n) is 7.87. The van der Waals surface area contributed by atoms with Crippen LogP contribution in [-0.4, -0.2) is 16.1 Å². The molecule has 0 fully saturated rings. The van der Waals surface area contributed by atoms with Crippen molar-refractivity contribution in [2.24, 2.45) is 0 Å². The van der Waals surface area contributed by atoms with Crippen LogP contribution in [0.4, 0.5) is 0 Å². The molecule has 1 N–H and O–H groups in total. The van der Waals surface area contributed by atoms with Crippen molar-refractivity contribution in [2.45, 2.75) is 26.7 Å². The lowest BCUT2D eigenvalue weighted by atomic mass is 10.1. The number of carbonyl (C=O) groups is 1. The van der Waals surface area contributed by atoms with E-state index in [0.717, 1.165) is 16.8 Å². The van der Waals surface area contributed by atoms with Crippen LogP contribution in [0.25, 0.3) is 0 Å². The molecule has 0 unspecified atom stereocenters. The normalized spacial score (nSPS) is 10.0. The molecule has 1 heterocycles. The molecule has 1 rings (SSSR count). The number of nitrogens with zero attached hydrogens (tertiary/aromatic N) is 1. The topological polar surface area (TPSA) is 50.2 Å². The average molecular weight is 179 g/mol. The van der Waals surface area contributed by atoms with Gasteiger partial charge in [0.05, 0.1) is 0 Å². The van der Waals surface area contributed by atoms with Crippen molar-refractivity contribution in [3.05, 3.63) is 29.1 Å². The quantitative estimate of drug-likeness (QED) is 0.768. The third-order valence-electron chi connectivity index (χ3n) is 2.02. The van der Waals surface area contributed by atoms with E-state index in [2.05, 4.69) is 4.98 Å². The highest BCUT2D eigenvalue weighted by Crippen LogP contribution is 2.08. The molecule has 0 aliphatic rings. The van der Waals surface area contributed by atoms with Crippen LogP contribution in [0.2, 0.25) is 0 Å². The highest BCUT2D eigenvalue weighted by Gasteiger charge is 2.00. The molecular weight excluding hydrogens is 166 g/mol. The first-order valence-corrected chi connectivity index (χ1v) is 4.23. The van der Waals surface area contributed by atoms with Crippen LogP contribution in [0.15, 0.2) is 12.3 Å². The molecule has 0 bridgehead atoms. The first-order chi connectivity index (χ1) is 6.09. The Balaban J connectivity index is 2.68. The predicted octanol–water partition coefficient (Wildman–Crippen LogP) is 1.72. The summed E-state index contributed by atoms with van der Waals surface area (Å²) in [5.41, 5.74) is 3.10. The van der Waals surface area contributed by atoms with Crippen molar-refractivity contribution in [1.29, 1.82) is 0 Å². The molecule has 0 aliphatic carbocycles. The number of hydrogen-bond donors (Lipinski definition) is 1. The van der Waals surface area contributed by atoms with E-state index in [9.17, 15) is 4.79 Å². The van der Waals surface area contributed by atoms with Crippen LogP contribution in [0.3, 0.4) is 0 Å². The maximum atomic E-state index is 10.3. The summed E-state index contributed by atoms with van der Waals surface area (Å²) in [7, 11) is 0. The molecule has 13 heavy (non-hydrogen) atoms. The minimum absolute atomic E-state index is 0.171. The van der Waals surface area contributed by atoms with E-state index in [1.54, 1.807) is 6.20 Å². The molecule has 0 spiro atoms. The fourth-order valence-electron chi connectivity index (χ4n) is 1.09. The van der Waals surface area contributed by atoms with Gasteiger partial charge in [-0.05, 0) is 31.4 Å². The number of carboxylic acid groups (broad SMARTS) is 1. The summed E-state index contributed by atoms with van der Waals surface area (Å²) in [6.45, 7) is 3.92. The van der Waals surface area contributed by atoms with Gasteiger partial charge in [-0.1, -0.05) is 6.07 Å². The van der Waals surface area contributed by atoms with Gasteiger partial charge in [0, 0.05) is 18.3 Å². The highest BCUT2D eigenvalue weighted by atomic mass is 16.4. The summed E-state index contributed by atoms with van der Waals surface area (Å²) >= 11 is 0. The van der Waals surface area contributed by atoms with Crippen molar-refractivity contribution in [3.63, 3.8) is 0 Å². The van der Waals surface area contributed by atoms with E-state index in [1.165, 1.54) is 0 Å². The van der Waals surface area contributed by atoms with Crippen LogP contribution < -0.4 is 0 Å². The van der Waals surface area contributed by atoms with Gasteiger partial charge in [-0.15, -0.1) is 0 Å². The van der Waals surface area contributed by atoms with Gasteiger partial charge in [0.1, 0.15) is 0 Å². The Labute approximate surface area is 77.4 Å². The minimum Gasteiger partial charge on any atom is -0.481 e. The maximum Gasteiger partial charge on any atom is 0.303 e. The fourth-order valence-corrected chi connectivity index (χ4v) is 1.09. The molecule has 0 saturated heterocycles. The number of aliphatic carboxylic acids is 1. The largest absolute Gasteiger partial charge is 0.481 e. The Bertz CT molecular complexity index is 321. The van der Waals surface area contributed by atoms with Gasteiger partial charge >= 0.3 is 5.97 Å². The molecular formula is C10H13NO2. The Kier molecular flexibility index (Phi) is 3.01. The Morgan fingerprint density at radius 2 is 2.23 bits per heavy atom. The molecule has 0 amide bonds. The summed E-state index contributed by atoms with van der Waals surface area (Å²) in [5, 5.41) is 8.48. The van der Waals surface area contributed by atoms with Crippen LogP contribution in [0.1, 0.15) is 23.2 Å². The van der Waals surface area contributed by atoms with Crippen LogP contribution in [0.5, 0.6) is 0 Å². The first-order valence-electron chi connectivity index (χ1n) is 4.23. The van der Waals surface area contributed by atoms with Gasteiger partial charge in [0.2, 0.25) is 0 Å².